The summed E-state index contributed by atoms with van der Waals surface area (Å²) in [7, 11) is 0. The van der Waals surface area contributed by atoms with Crippen LogP contribution < -0.4 is 5.73 Å². The maximum absolute atomic E-state index is 5.90. The first-order valence-corrected chi connectivity index (χ1v) is 5.92. The lowest BCUT2D eigenvalue weighted by atomic mass is 10.1. The summed E-state index contributed by atoms with van der Waals surface area (Å²) >= 11 is 7.04. The second-order valence-corrected chi connectivity index (χ2v) is 4.78. The third-order valence-electron chi connectivity index (χ3n) is 2.05. The van der Waals surface area contributed by atoms with Crippen LogP contribution in [0.2, 0.25) is 0 Å². The highest BCUT2D eigenvalue weighted by molar-refractivity contribution is 9.11. The Morgan fingerprint density at radius 1 is 1.31 bits per heavy atom. The van der Waals surface area contributed by atoms with Crippen molar-refractivity contribution in [2.24, 2.45) is 5.73 Å². The van der Waals surface area contributed by atoms with Gasteiger partial charge in [-0.05, 0) is 30.5 Å². The first-order chi connectivity index (χ1) is 6.15. The van der Waals surface area contributed by atoms with Crippen LogP contribution in [0.4, 0.5) is 0 Å². The van der Waals surface area contributed by atoms with Gasteiger partial charge in [0.25, 0.3) is 0 Å². The van der Waals surface area contributed by atoms with Crippen molar-refractivity contribution in [1.29, 1.82) is 0 Å². The van der Waals surface area contributed by atoms with E-state index in [9.17, 15) is 0 Å². The molecular formula is C10H13Br2N. The van der Waals surface area contributed by atoms with Crippen molar-refractivity contribution in [2.45, 2.75) is 25.8 Å². The molecule has 0 aliphatic heterocycles. The van der Waals surface area contributed by atoms with Gasteiger partial charge in [-0.2, -0.15) is 0 Å². The Hall–Kier alpha value is 0.140. The zero-order chi connectivity index (χ0) is 9.84. The molecule has 0 unspecified atom stereocenters. The van der Waals surface area contributed by atoms with Crippen molar-refractivity contribution in [3.63, 3.8) is 0 Å². The Bertz CT molecular complexity index is 266. The summed E-state index contributed by atoms with van der Waals surface area (Å²) in [6.07, 6.45) is 1.92. The summed E-state index contributed by atoms with van der Waals surface area (Å²) in [6, 6.07) is 6.34. The maximum atomic E-state index is 5.90. The molecule has 0 saturated carbocycles. The molecule has 0 amide bonds. The van der Waals surface area contributed by atoms with E-state index in [4.69, 9.17) is 5.73 Å². The van der Waals surface area contributed by atoms with Gasteiger partial charge in [0.1, 0.15) is 0 Å². The predicted molar refractivity (Wildman–Crippen MR) is 63.8 cm³/mol. The fourth-order valence-corrected chi connectivity index (χ4v) is 2.46. The molecule has 13 heavy (non-hydrogen) atoms. The molecule has 0 bridgehead atoms. The van der Waals surface area contributed by atoms with Crippen molar-refractivity contribution >= 4 is 31.9 Å². The lowest BCUT2D eigenvalue weighted by molar-refractivity contribution is 0.644. The van der Waals surface area contributed by atoms with Gasteiger partial charge in [-0.1, -0.05) is 44.8 Å². The summed E-state index contributed by atoms with van der Waals surface area (Å²) in [5.41, 5.74) is 7.16. The highest BCUT2D eigenvalue weighted by Crippen LogP contribution is 2.26. The van der Waals surface area contributed by atoms with Crippen LogP contribution in [0.25, 0.3) is 0 Å². The van der Waals surface area contributed by atoms with Crippen LogP contribution in [0.15, 0.2) is 27.1 Å². The number of benzene rings is 1. The first kappa shape index (κ1) is 11.2. The molecule has 0 fully saturated rings. The Kier molecular flexibility index (Phi) is 4.42. The van der Waals surface area contributed by atoms with Gasteiger partial charge in [0.15, 0.2) is 0 Å². The number of hydrogen-bond donors (Lipinski definition) is 1. The average molecular weight is 307 g/mol. The Morgan fingerprint density at radius 2 is 1.85 bits per heavy atom. The molecule has 0 heterocycles. The standard InChI is InChI=1S/C10H13Br2N/c1-2-7(13)6-8-9(11)4-3-5-10(8)12/h3-5,7H,2,6,13H2,1H3/t7-/m1/s1. The Morgan fingerprint density at radius 3 is 2.31 bits per heavy atom. The third-order valence-corrected chi connectivity index (χ3v) is 3.54. The van der Waals surface area contributed by atoms with Gasteiger partial charge in [-0.15, -0.1) is 0 Å². The highest BCUT2D eigenvalue weighted by Gasteiger charge is 2.08. The van der Waals surface area contributed by atoms with Crippen molar-refractivity contribution in [1.82, 2.24) is 0 Å². The molecule has 0 radical (unpaired) electrons. The van der Waals surface area contributed by atoms with Crippen molar-refractivity contribution < 1.29 is 0 Å². The smallest absolute Gasteiger partial charge is 0.0219 e. The molecule has 1 rings (SSSR count). The zero-order valence-corrected chi connectivity index (χ0v) is 10.7. The van der Waals surface area contributed by atoms with Crippen LogP contribution in [-0.2, 0) is 6.42 Å². The third kappa shape index (κ3) is 3.08. The Balaban J connectivity index is 2.87. The quantitative estimate of drug-likeness (QED) is 0.909. The maximum Gasteiger partial charge on any atom is 0.0219 e. The van der Waals surface area contributed by atoms with Crippen LogP contribution in [0.3, 0.4) is 0 Å². The summed E-state index contributed by atoms with van der Waals surface area (Å²) in [5.74, 6) is 0. The van der Waals surface area contributed by atoms with Gasteiger partial charge >= 0.3 is 0 Å². The number of rotatable bonds is 3. The second kappa shape index (κ2) is 5.13. The van der Waals surface area contributed by atoms with Crippen LogP contribution in [0, 0.1) is 0 Å². The summed E-state index contributed by atoms with van der Waals surface area (Å²) in [6.45, 7) is 2.11. The molecule has 0 saturated heterocycles. The van der Waals surface area contributed by atoms with E-state index >= 15 is 0 Å². The second-order valence-electron chi connectivity index (χ2n) is 3.07. The molecule has 72 valence electrons. The SMILES string of the molecule is CC[C@@H](N)Cc1c(Br)cccc1Br. The number of nitrogens with two attached hydrogens (primary N) is 1. The summed E-state index contributed by atoms with van der Waals surface area (Å²) in [4.78, 5) is 0. The Labute approximate surface area is 96.0 Å². The van der Waals surface area contributed by atoms with E-state index in [1.54, 1.807) is 0 Å². The minimum Gasteiger partial charge on any atom is -0.327 e. The highest BCUT2D eigenvalue weighted by atomic mass is 79.9. The normalized spacial score (nSPS) is 12.9. The molecular weight excluding hydrogens is 294 g/mol. The van der Waals surface area contributed by atoms with E-state index in [1.807, 2.05) is 18.2 Å². The molecule has 2 N–H and O–H groups in total. The largest absolute Gasteiger partial charge is 0.327 e. The molecule has 0 spiro atoms. The van der Waals surface area contributed by atoms with Gasteiger partial charge < -0.3 is 5.73 Å². The van der Waals surface area contributed by atoms with Gasteiger partial charge in [0.2, 0.25) is 0 Å². The van der Waals surface area contributed by atoms with E-state index in [0.29, 0.717) is 0 Å². The molecule has 1 aromatic carbocycles. The van der Waals surface area contributed by atoms with E-state index in [-0.39, 0.29) is 6.04 Å². The lowest BCUT2D eigenvalue weighted by Gasteiger charge is -2.11. The topological polar surface area (TPSA) is 26.0 Å². The van der Waals surface area contributed by atoms with E-state index in [1.165, 1.54) is 5.56 Å². The van der Waals surface area contributed by atoms with Gasteiger partial charge in [0.05, 0.1) is 0 Å². The molecule has 0 aromatic heterocycles. The monoisotopic (exact) mass is 305 g/mol. The van der Waals surface area contributed by atoms with E-state index in [0.717, 1.165) is 21.8 Å². The molecule has 3 heteroatoms. The van der Waals surface area contributed by atoms with Crippen LogP contribution in [0.5, 0.6) is 0 Å². The molecule has 0 aliphatic rings. The molecule has 1 atom stereocenters. The fraction of sp³-hybridized carbons (Fsp3) is 0.400. The van der Waals surface area contributed by atoms with Gasteiger partial charge in [0, 0.05) is 15.0 Å². The van der Waals surface area contributed by atoms with Crippen LogP contribution in [-0.4, -0.2) is 6.04 Å². The van der Waals surface area contributed by atoms with Gasteiger partial charge in [-0.3, -0.25) is 0 Å². The van der Waals surface area contributed by atoms with Crippen molar-refractivity contribution in [3.8, 4) is 0 Å². The number of halogens is 2. The van der Waals surface area contributed by atoms with Crippen molar-refractivity contribution in [2.75, 3.05) is 0 Å². The molecule has 0 aliphatic carbocycles. The summed E-state index contributed by atoms with van der Waals surface area (Å²) in [5, 5.41) is 0. The molecule has 1 aromatic rings. The minimum atomic E-state index is 0.245. The van der Waals surface area contributed by atoms with Crippen LogP contribution in [0.1, 0.15) is 18.9 Å². The van der Waals surface area contributed by atoms with E-state index < -0.39 is 0 Å². The fourth-order valence-electron chi connectivity index (χ4n) is 1.13. The minimum absolute atomic E-state index is 0.245. The average Bonchev–Trinajstić information content (AvgIpc) is 2.11. The summed E-state index contributed by atoms with van der Waals surface area (Å²) < 4.78 is 2.26. The van der Waals surface area contributed by atoms with Crippen molar-refractivity contribution in [3.05, 3.63) is 32.7 Å². The predicted octanol–water partition coefficient (Wildman–Crippen LogP) is 3.49. The zero-order valence-electron chi connectivity index (χ0n) is 7.56. The molecule has 1 nitrogen and oxygen atoms in total. The van der Waals surface area contributed by atoms with E-state index in [2.05, 4.69) is 38.8 Å². The van der Waals surface area contributed by atoms with Gasteiger partial charge in [-0.25, -0.2) is 0 Å². The lowest BCUT2D eigenvalue weighted by Crippen LogP contribution is -2.21. The van der Waals surface area contributed by atoms with Crippen LogP contribution >= 0.6 is 31.9 Å². The number of hydrogen-bond acceptors (Lipinski definition) is 1. The first-order valence-electron chi connectivity index (χ1n) is 4.33.